The summed E-state index contributed by atoms with van der Waals surface area (Å²) < 4.78 is 0. The van der Waals surface area contributed by atoms with E-state index in [4.69, 9.17) is 5.73 Å². The van der Waals surface area contributed by atoms with Crippen molar-refractivity contribution >= 4 is 23.0 Å². The van der Waals surface area contributed by atoms with E-state index in [2.05, 4.69) is 17.6 Å². The van der Waals surface area contributed by atoms with Crippen LogP contribution >= 0.6 is 0 Å². The number of amides is 1. The van der Waals surface area contributed by atoms with E-state index in [-0.39, 0.29) is 5.91 Å². The molecule has 0 heterocycles. The highest BCUT2D eigenvalue weighted by atomic mass is 16.1. The van der Waals surface area contributed by atoms with E-state index in [1.807, 2.05) is 48.5 Å². The number of unbranched alkanes of at least 4 members (excludes halogenated alkanes) is 3. The minimum absolute atomic E-state index is 0.0914. The largest absolute Gasteiger partial charge is 0.399 e. The number of hydrogen-bond acceptors (Lipinski definition) is 3. The molecular weight excluding hydrogens is 298 g/mol. The third-order valence-electron chi connectivity index (χ3n) is 3.90. The van der Waals surface area contributed by atoms with Gasteiger partial charge >= 0.3 is 0 Å². The second-order valence-electron chi connectivity index (χ2n) is 6.03. The molecule has 2 aromatic rings. The van der Waals surface area contributed by atoms with Gasteiger partial charge in [-0.25, -0.2) is 0 Å². The zero-order valence-corrected chi connectivity index (χ0v) is 14.3. The highest BCUT2D eigenvalue weighted by Crippen LogP contribution is 2.16. The van der Waals surface area contributed by atoms with Crippen molar-refractivity contribution in [3.05, 3.63) is 54.1 Å². The van der Waals surface area contributed by atoms with Crippen LogP contribution in [-0.2, 0) is 11.3 Å². The van der Waals surface area contributed by atoms with Crippen molar-refractivity contribution in [1.29, 1.82) is 0 Å². The van der Waals surface area contributed by atoms with Crippen molar-refractivity contribution in [3.63, 3.8) is 0 Å². The molecule has 128 valence electrons. The van der Waals surface area contributed by atoms with Crippen molar-refractivity contribution in [2.75, 3.05) is 16.4 Å². The first-order valence-electron chi connectivity index (χ1n) is 8.65. The molecule has 4 heteroatoms. The molecule has 1 amide bonds. The summed E-state index contributed by atoms with van der Waals surface area (Å²) in [6, 6.07) is 15.6. The van der Waals surface area contributed by atoms with Gasteiger partial charge in [-0.3, -0.25) is 4.79 Å². The number of carbonyl (C=O) groups is 1. The topological polar surface area (TPSA) is 67.2 Å². The molecule has 0 aliphatic carbocycles. The Morgan fingerprint density at radius 3 is 2.25 bits per heavy atom. The van der Waals surface area contributed by atoms with Gasteiger partial charge in [0.1, 0.15) is 0 Å². The minimum atomic E-state index is 0.0914. The molecular formula is C20H27N3O. The number of anilines is 3. The van der Waals surface area contributed by atoms with E-state index in [0.717, 1.165) is 36.4 Å². The molecule has 0 radical (unpaired) electrons. The maximum atomic E-state index is 11.9. The minimum Gasteiger partial charge on any atom is -0.399 e. The molecule has 0 bridgehead atoms. The van der Waals surface area contributed by atoms with E-state index in [0.29, 0.717) is 6.42 Å². The van der Waals surface area contributed by atoms with Crippen molar-refractivity contribution in [2.45, 2.75) is 45.6 Å². The van der Waals surface area contributed by atoms with Gasteiger partial charge in [-0.15, -0.1) is 0 Å². The number of benzene rings is 2. The van der Waals surface area contributed by atoms with E-state index < -0.39 is 0 Å². The lowest BCUT2D eigenvalue weighted by Crippen LogP contribution is -2.11. The molecule has 0 spiro atoms. The number of nitrogens with one attached hydrogen (secondary N) is 2. The predicted molar refractivity (Wildman–Crippen MR) is 102 cm³/mol. The van der Waals surface area contributed by atoms with E-state index in [9.17, 15) is 4.79 Å². The van der Waals surface area contributed by atoms with Crippen molar-refractivity contribution in [1.82, 2.24) is 0 Å². The summed E-state index contributed by atoms with van der Waals surface area (Å²) in [6.07, 6.45) is 5.06. The molecule has 0 unspecified atom stereocenters. The van der Waals surface area contributed by atoms with E-state index >= 15 is 0 Å². The summed E-state index contributed by atoms with van der Waals surface area (Å²) in [5.41, 5.74) is 9.49. The molecule has 24 heavy (non-hydrogen) atoms. The van der Waals surface area contributed by atoms with Gasteiger partial charge in [0.2, 0.25) is 5.91 Å². The standard InChI is InChI=1S/C20H27N3O/c1-2-3-4-5-6-20(24)23-19-13-11-18(12-14-19)22-15-16-7-9-17(21)10-8-16/h7-14,22H,2-6,15,21H2,1H3,(H,23,24). The molecule has 2 rings (SSSR count). The van der Waals surface area contributed by atoms with Gasteiger partial charge in [0.15, 0.2) is 0 Å². The van der Waals surface area contributed by atoms with Crippen LogP contribution in [0.15, 0.2) is 48.5 Å². The van der Waals surface area contributed by atoms with Crippen LogP contribution in [0.5, 0.6) is 0 Å². The summed E-state index contributed by atoms with van der Waals surface area (Å²) in [4.78, 5) is 11.9. The second-order valence-corrected chi connectivity index (χ2v) is 6.03. The molecule has 0 aromatic heterocycles. The second kappa shape index (κ2) is 9.60. The molecule has 2 aromatic carbocycles. The Morgan fingerprint density at radius 1 is 0.917 bits per heavy atom. The Bertz CT molecular complexity index is 620. The molecule has 4 N–H and O–H groups in total. The third kappa shape index (κ3) is 6.32. The first-order chi connectivity index (χ1) is 11.7. The molecule has 0 aliphatic rings. The Kier molecular flexibility index (Phi) is 7.15. The quantitative estimate of drug-likeness (QED) is 0.459. The molecule has 0 aliphatic heterocycles. The van der Waals surface area contributed by atoms with Crippen LogP contribution < -0.4 is 16.4 Å². The predicted octanol–water partition coefficient (Wildman–Crippen LogP) is 4.79. The van der Waals surface area contributed by atoms with Crippen LogP contribution in [0.3, 0.4) is 0 Å². The first kappa shape index (κ1) is 17.9. The van der Waals surface area contributed by atoms with Crippen LogP contribution in [0.2, 0.25) is 0 Å². The smallest absolute Gasteiger partial charge is 0.224 e. The van der Waals surface area contributed by atoms with Gasteiger partial charge in [-0.05, 0) is 48.4 Å². The Morgan fingerprint density at radius 2 is 1.58 bits per heavy atom. The van der Waals surface area contributed by atoms with Crippen molar-refractivity contribution in [3.8, 4) is 0 Å². The summed E-state index contributed by atoms with van der Waals surface area (Å²) in [5.74, 6) is 0.0914. The van der Waals surface area contributed by atoms with Gasteiger partial charge in [0, 0.05) is 30.0 Å². The van der Waals surface area contributed by atoms with E-state index in [1.54, 1.807) is 0 Å². The fraction of sp³-hybridized carbons (Fsp3) is 0.350. The first-order valence-corrected chi connectivity index (χ1v) is 8.65. The normalized spacial score (nSPS) is 10.4. The summed E-state index contributed by atoms with van der Waals surface area (Å²) in [5, 5.41) is 6.30. The summed E-state index contributed by atoms with van der Waals surface area (Å²) >= 11 is 0. The average molecular weight is 325 g/mol. The van der Waals surface area contributed by atoms with Gasteiger partial charge in [0.25, 0.3) is 0 Å². The van der Waals surface area contributed by atoms with Crippen LogP contribution in [0, 0.1) is 0 Å². The summed E-state index contributed by atoms with van der Waals surface area (Å²) in [7, 11) is 0. The number of nitrogen functional groups attached to an aromatic ring is 1. The lowest BCUT2D eigenvalue weighted by atomic mass is 10.1. The third-order valence-corrected chi connectivity index (χ3v) is 3.90. The van der Waals surface area contributed by atoms with Crippen LogP contribution in [0.25, 0.3) is 0 Å². The lowest BCUT2D eigenvalue weighted by Gasteiger charge is -2.09. The number of carbonyl (C=O) groups excluding carboxylic acids is 1. The maximum absolute atomic E-state index is 11.9. The average Bonchev–Trinajstić information content (AvgIpc) is 2.59. The number of hydrogen-bond donors (Lipinski definition) is 3. The van der Waals surface area contributed by atoms with Gasteiger partial charge in [-0.1, -0.05) is 38.3 Å². The number of nitrogens with two attached hydrogens (primary N) is 1. The zero-order valence-electron chi connectivity index (χ0n) is 14.3. The SMILES string of the molecule is CCCCCCC(=O)Nc1ccc(NCc2ccc(N)cc2)cc1. The fourth-order valence-electron chi connectivity index (χ4n) is 2.45. The maximum Gasteiger partial charge on any atom is 0.224 e. The van der Waals surface area contributed by atoms with Gasteiger partial charge < -0.3 is 16.4 Å². The van der Waals surface area contributed by atoms with E-state index in [1.165, 1.54) is 18.4 Å². The van der Waals surface area contributed by atoms with Crippen molar-refractivity contribution in [2.24, 2.45) is 0 Å². The van der Waals surface area contributed by atoms with Crippen molar-refractivity contribution < 1.29 is 4.79 Å². The van der Waals surface area contributed by atoms with Crippen LogP contribution in [0.4, 0.5) is 17.1 Å². The number of rotatable bonds is 9. The van der Waals surface area contributed by atoms with Gasteiger partial charge in [0.05, 0.1) is 0 Å². The molecule has 0 saturated carbocycles. The highest BCUT2D eigenvalue weighted by molar-refractivity contribution is 5.90. The highest BCUT2D eigenvalue weighted by Gasteiger charge is 2.02. The van der Waals surface area contributed by atoms with Gasteiger partial charge in [-0.2, -0.15) is 0 Å². The lowest BCUT2D eigenvalue weighted by molar-refractivity contribution is -0.116. The Balaban J connectivity index is 1.75. The molecule has 0 fully saturated rings. The summed E-state index contributed by atoms with van der Waals surface area (Å²) in [6.45, 7) is 2.91. The molecule has 0 saturated heterocycles. The Hall–Kier alpha value is -2.49. The Labute approximate surface area is 144 Å². The zero-order chi connectivity index (χ0) is 17.2. The molecule has 4 nitrogen and oxygen atoms in total. The monoisotopic (exact) mass is 325 g/mol. The van der Waals surface area contributed by atoms with Crippen LogP contribution in [-0.4, -0.2) is 5.91 Å². The van der Waals surface area contributed by atoms with Crippen LogP contribution in [0.1, 0.15) is 44.6 Å². The fourth-order valence-corrected chi connectivity index (χ4v) is 2.45. The molecule has 0 atom stereocenters.